The van der Waals surface area contributed by atoms with Crippen LogP contribution in [0.15, 0.2) is 54.6 Å². The lowest BCUT2D eigenvalue weighted by atomic mass is 10.1. The van der Waals surface area contributed by atoms with Gasteiger partial charge in [-0.25, -0.2) is 4.98 Å². The largest absolute Gasteiger partial charge is 0.349 e. The third-order valence-electron chi connectivity index (χ3n) is 4.50. The molecule has 0 saturated heterocycles. The fraction of sp³-hybridized carbons (Fsp3) is 0.182. The van der Waals surface area contributed by atoms with Crippen LogP contribution in [0.5, 0.6) is 0 Å². The summed E-state index contributed by atoms with van der Waals surface area (Å²) in [5.74, 6) is 1.01. The average Bonchev–Trinajstić information content (AvgIpc) is 3.43. The van der Waals surface area contributed by atoms with Crippen LogP contribution < -0.4 is 10.6 Å². The third kappa shape index (κ3) is 4.95. The van der Waals surface area contributed by atoms with Gasteiger partial charge in [-0.2, -0.15) is 5.10 Å². The zero-order valence-corrected chi connectivity index (χ0v) is 16.0. The van der Waals surface area contributed by atoms with Crippen molar-refractivity contribution in [3.63, 3.8) is 0 Å². The molecular formula is C22H21N5O2. The predicted octanol–water partition coefficient (Wildman–Crippen LogP) is 3.32. The first kappa shape index (κ1) is 18.6. The Balaban J connectivity index is 1.36. The molecule has 0 spiro atoms. The number of carbonyl (C=O) groups is 2. The van der Waals surface area contributed by atoms with Gasteiger partial charge in [-0.3, -0.25) is 14.7 Å². The van der Waals surface area contributed by atoms with Crippen LogP contribution in [0.25, 0.3) is 17.5 Å². The maximum atomic E-state index is 12.2. The summed E-state index contributed by atoms with van der Waals surface area (Å²) in [6.07, 6.45) is 5.29. The number of hydrogen-bond donors (Lipinski definition) is 3. The summed E-state index contributed by atoms with van der Waals surface area (Å²) in [6, 6.07) is 14.8. The van der Waals surface area contributed by atoms with Crippen LogP contribution in [0.1, 0.15) is 34.6 Å². The molecule has 146 valence electrons. The Kier molecular flexibility index (Phi) is 5.20. The quantitative estimate of drug-likeness (QED) is 0.565. The SMILES string of the molecule is Cc1nc(-c2cccc(NC(=O)C=Cc3ccc(C(=O)NC4CC4)cc3)c2)n[nH]1. The molecule has 7 heteroatoms. The number of aromatic amines is 1. The number of benzene rings is 2. The highest BCUT2D eigenvalue weighted by Crippen LogP contribution is 2.20. The Morgan fingerprint density at radius 1 is 1.14 bits per heavy atom. The molecule has 1 fully saturated rings. The summed E-state index contributed by atoms with van der Waals surface area (Å²) < 4.78 is 0. The summed E-state index contributed by atoms with van der Waals surface area (Å²) in [7, 11) is 0. The van der Waals surface area contributed by atoms with Gasteiger partial charge in [-0.1, -0.05) is 24.3 Å². The lowest BCUT2D eigenvalue weighted by molar-refractivity contribution is -0.111. The Morgan fingerprint density at radius 2 is 1.93 bits per heavy atom. The monoisotopic (exact) mass is 387 g/mol. The summed E-state index contributed by atoms with van der Waals surface area (Å²) in [4.78, 5) is 28.5. The summed E-state index contributed by atoms with van der Waals surface area (Å²) >= 11 is 0. The van der Waals surface area contributed by atoms with Crippen molar-refractivity contribution in [1.82, 2.24) is 20.5 Å². The van der Waals surface area contributed by atoms with E-state index in [0.29, 0.717) is 23.1 Å². The second-order valence-electron chi connectivity index (χ2n) is 7.02. The first-order chi connectivity index (χ1) is 14.1. The Morgan fingerprint density at radius 3 is 2.62 bits per heavy atom. The molecule has 3 N–H and O–H groups in total. The van der Waals surface area contributed by atoms with Crippen molar-refractivity contribution in [2.75, 3.05) is 5.32 Å². The predicted molar refractivity (Wildman–Crippen MR) is 111 cm³/mol. The molecule has 1 heterocycles. The minimum atomic E-state index is -0.246. The van der Waals surface area contributed by atoms with Crippen LogP contribution in [0.3, 0.4) is 0 Å². The van der Waals surface area contributed by atoms with E-state index in [2.05, 4.69) is 25.8 Å². The molecule has 2 aromatic carbocycles. The van der Waals surface area contributed by atoms with Crippen LogP contribution in [-0.4, -0.2) is 33.0 Å². The van der Waals surface area contributed by atoms with Gasteiger partial charge in [0, 0.05) is 28.9 Å². The van der Waals surface area contributed by atoms with Crippen molar-refractivity contribution in [2.24, 2.45) is 0 Å². The number of nitrogens with zero attached hydrogens (tertiary/aromatic N) is 2. The van der Waals surface area contributed by atoms with E-state index >= 15 is 0 Å². The van der Waals surface area contributed by atoms with Gasteiger partial charge in [-0.15, -0.1) is 0 Å². The van der Waals surface area contributed by atoms with Gasteiger partial charge in [-0.05, 0) is 55.7 Å². The molecular weight excluding hydrogens is 366 g/mol. The van der Waals surface area contributed by atoms with E-state index in [-0.39, 0.29) is 11.8 Å². The number of nitrogens with one attached hydrogen (secondary N) is 3. The van der Waals surface area contributed by atoms with Crippen molar-refractivity contribution in [2.45, 2.75) is 25.8 Å². The van der Waals surface area contributed by atoms with Gasteiger partial charge >= 0.3 is 0 Å². The zero-order valence-electron chi connectivity index (χ0n) is 16.0. The van der Waals surface area contributed by atoms with Crippen LogP contribution >= 0.6 is 0 Å². The second kappa shape index (κ2) is 8.10. The van der Waals surface area contributed by atoms with Gasteiger partial charge in [0.05, 0.1) is 0 Å². The van der Waals surface area contributed by atoms with E-state index in [1.165, 1.54) is 6.08 Å². The van der Waals surface area contributed by atoms with Gasteiger partial charge in [0.2, 0.25) is 5.91 Å². The van der Waals surface area contributed by atoms with Crippen molar-refractivity contribution in [3.05, 3.63) is 71.6 Å². The van der Waals surface area contributed by atoms with Crippen LogP contribution in [0, 0.1) is 6.92 Å². The Labute approximate surface area is 168 Å². The molecule has 1 aromatic heterocycles. The number of hydrogen-bond acceptors (Lipinski definition) is 4. The van der Waals surface area contributed by atoms with Gasteiger partial charge in [0.15, 0.2) is 5.82 Å². The maximum Gasteiger partial charge on any atom is 0.251 e. The lowest BCUT2D eigenvalue weighted by Gasteiger charge is -2.04. The lowest BCUT2D eigenvalue weighted by Crippen LogP contribution is -2.25. The first-order valence-electron chi connectivity index (χ1n) is 9.46. The van der Waals surface area contributed by atoms with E-state index in [9.17, 15) is 9.59 Å². The highest BCUT2D eigenvalue weighted by atomic mass is 16.2. The van der Waals surface area contributed by atoms with Crippen molar-refractivity contribution in [3.8, 4) is 11.4 Å². The van der Waals surface area contributed by atoms with Crippen molar-refractivity contribution >= 4 is 23.6 Å². The van der Waals surface area contributed by atoms with Gasteiger partial charge in [0.1, 0.15) is 5.82 Å². The highest BCUT2D eigenvalue weighted by Gasteiger charge is 2.23. The molecule has 0 atom stereocenters. The fourth-order valence-corrected chi connectivity index (χ4v) is 2.81. The summed E-state index contributed by atoms with van der Waals surface area (Å²) in [6.45, 7) is 1.83. The topological polar surface area (TPSA) is 99.8 Å². The number of aryl methyl sites for hydroxylation is 1. The van der Waals surface area contributed by atoms with Crippen LogP contribution in [0.4, 0.5) is 5.69 Å². The van der Waals surface area contributed by atoms with E-state index in [0.717, 1.165) is 29.8 Å². The van der Waals surface area contributed by atoms with Crippen molar-refractivity contribution in [1.29, 1.82) is 0 Å². The summed E-state index contributed by atoms with van der Waals surface area (Å²) in [5.41, 5.74) is 2.94. The van der Waals surface area contributed by atoms with Crippen LogP contribution in [0.2, 0.25) is 0 Å². The van der Waals surface area contributed by atoms with E-state index in [1.807, 2.05) is 43.3 Å². The first-order valence-corrected chi connectivity index (χ1v) is 9.46. The Hall–Kier alpha value is -3.74. The second-order valence-corrected chi connectivity index (χ2v) is 7.02. The molecule has 0 bridgehead atoms. The minimum Gasteiger partial charge on any atom is -0.349 e. The Bertz CT molecular complexity index is 1060. The molecule has 4 rings (SSSR count). The standard InChI is InChI=1S/C22H21N5O2/c1-14-23-21(27-26-14)17-3-2-4-19(13-17)24-20(28)12-7-15-5-8-16(9-6-15)22(29)25-18-10-11-18/h2-9,12-13,18H,10-11H2,1H3,(H,24,28)(H,25,29)(H,23,26,27). The average molecular weight is 387 g/mol. The molecule has 29 heavy (non-hydrogen) atoms. The van der Waals surface area contributed by atoms with Crippen LogP contribution in [-0.2, 0) is 4.79 Å². The number of carbonyl (C=O) groups excluding carboxylic acids is 2. The fourth-order valence-electron chi connectivity index (χ4n) is 2.81. The van der Waals surface area contributed by atoms with Gasteiger partial charge < -0.3 is 10.6 Å². The molecule has 0 aliphatic heterocycles. The molecule has 1 aliphatic carbocycles. The summed E-state index contributed by atoms with van der Waals surface area (Å²) in [5, 5.41) is 12.7. The molecule has 1 aliphatic rings. The number of H-pyrrole nitrogens is 1. The minimum absolute atomic E-state index is 0.0535. The van der Waals surface area contributed by atoms with Gasteiger partial charge in [0.25, 0.3) is 5.91 Å². The third-order valence-corrected chi connectivity index (χ3v) is 4.50. The number of amides is 2. The van der Waals surface area contributed by atoms with E-state index < -0.39 is 0 Å². The maximum absolute atomic E-state index is 12.2. The number of rotatable bonds is 6. The number of aromatic nitrogens is 3. The number of anilines is 1. The van der Waals surface area contributed by atoms with Crippen molar-refractivity contribution < 1.29 is 9.59 Å². The molecule has 1 saturated carbocycles. The normalized spacial score (nSPS) is 13.4. The molecule has 7 nitrogen and oxygen atoms in total. The molecule has 0 unspecified atom stereocenters. The molecule has 0 radical (unpaired) electrons. The molecule has 3 aromatic rings. The highest BCUT2D eigenvalue weighted by molar-refractivity contribution is 6.02. The van der Waals surface area contributed by atoms with E-state index in [1.54, 1.807) is 18.2 Å². The molecule has 2 amide bonds. The zero-order chi connectivity index (χ0) is 20.2. The smallest absolute Gasteiger partial charge is 0.251 e. The van der Waals surface area contributed by atoms with E-state index in [4.69, 9.17) is 0 Å².